The highest BCUT2D eigenvalue weighted by Crippen LogP contribution is 2.46. The zero-order valence-corrected chi connectivity index (χ0v) is 23.2. The van der Waals surface area contributed by atoms with E-state index in [2.05, 4.69) is 6.92 Å². The fourth-order valence-corrected chi connectivity index (χ4v) is 7.66. The van der Waals surface area contributed by atoms with Gasteiger partial charge in [-0.05, 0) is 56.3 Å². The molecule has 0 spiro atoms. The molecule has 4 unspecified atom stereocenters. The third-order valence-corrected chi connectivity index (χ3v) is 9.98. The Balaban J connectivity index is 1.39. The summed E-state index contributed by atoms with van der Waals surface area (Å²) in [6.07, 6.45) is 19.5. The van der Waals surface area contributed by atoms with Crippen molar-refractivity contribution in [2.75, 3.05) is 12.3 Å². The van der Waals surface area contributed by atoms with Gasteiger partial charge >= 0.3 is 0 Å². The van der Waals surface area contributed by atoms with E-state index in [1.54, 1.807) is 6.20 Å². The van der Waals surface area contributed by atoms with E-state index < -0.39 is 11.2 Å². The Morgan fingerprint density at radius 3 is 2.32 bits per heavy atom. The van der Waals surface area contributed by atoms with Gasteiger partial charge in [0.25, 0.3) is 0 Å². The standard InChI is InChI=1S/C32H44FN3O2/c1-20-15-24(22-11-9-7-5-3-4-6-8-10-12-22)14-13-23(20)16-26-28(33)29(35)27-30-32(26)38-19-21(2)36(30)18-25(17-34)31(27)37/h18,20-24H,3-16,19,35H2,1-2H3. The summed E-state index contributed by atoms with van der Waals surface area (Å²) < 4.78 is 23.9. The highest BCUT2D eigenvalue weighted by molar-refractivity contribution is 5.97. The van der Waals surface area contributed by atoms with E-state index in [9.17, 15) is 10.1 Å². The number of halogens is 1. The molecule has 0 amide bonds. The van der Waals surface area contributed by atoms with E-state index in [1.165, 1.54) is 77.0 Å². The molecule has 0 radical (unpaired) electrons. The van der Waals surface area contributed by atoms with Gasteiger partial charge in [0, 0.05) is 11.8 Å². The molecule has 2 fully saturated rings. The van der Waals surface area contributed by atoms with E-state index in [0.717, 1.165) is 18.3 Å². The summed E-state index contributed by atoms with van der Waals surface area (Å²) in [5, 5.41) is 9.57. The van der Waals surface area contributed by atoms with Gasteiger partial charge in [-0.3, -0.25) is 4.79 Å². The van der Waals surface area contributed by atoms with Crippen molar-refractivity contribution in [2.45, 2.75) is 110 Å². The Morgan fingerprint density at radius 2 is 1.68 bits per heavy atom. The maximum atomic E-state index is 15.8. The van der Waals surface area contributed by atoms with E-state index in [0.29, 0.717) is 41.7 Å². The first-order valence-corrected chi connectivity index (χ1v) is 15.1. The van der Waals surface area contributed by atoms with Crippen molar-refractivity contribution in [1.82, 2.24) is 4.57 Å². The predicted octanol–water partition coefficient (Wildman–Crippen LogP) is 7.67. The lowest BCUT2D eigenvalue weighted by Gasteiger charge is -2.39. The number of anilines is 1. The molecule has 6 heteroatoms. The summed E-state index contributed by atoms with van der Waals surface area (Å²) in [6.45, 7) is 4.68. The zero-order chi connectivity index (χ0) is 26.8. The molecular weight excluding hydrogens is 477 g/mol. The molecule has 206 valence electrons. The molecule has 3 aliphatic rings. The van der Waals surface area contributed by atoms with Gasteiger partial charge in [-0.25, -0.2) is 4.39 Å². The third kappa shape index (κ3) is 5.18. The molecule has 5 nitrogen and oxygen atoms in total. The minimum atomic E-state index is -0.543. The number of ether oxygens (including phenoxy) is 1. The van der Waals surface area contributed by atoms with Crippen LogP contribution in [0, 0.1) is 40.8 Å². The van der Waals surface area contributed by atoms with Crippen molar-refractivity contribution in [3.05, 3.63) is 33.4 Å². The Hall–Kier alpha value is -2.55. The van der Waals surface area contributed by atoms with Crippen molar-refractivity contribution >= 4 is 16.6 Å². The maximum absolute atomic E-state index is 15.8. The number of nitrogens with two attached hydrogens (primary N) is 1. The number of rotatable bonds is 3. The summed E-state index contributed by atoms with van der Waals surface area (Å²) in [5.41, 5.74) is 6.64. The van der Waals surface area contributed by atoms with Crippen LogP contribution in [0.15, 0.2) is 11.0 Å². The Labute approximate surface area is 226 Å². The van der Waals surface area contributed by atoms with Gasteiger partial charge in [-0.15, -0.1) is 0 Å². The van der Waals surface area contributed by atoms with Gasteiger partial charge in [0.15, 0.2) is 5.82 Å². The molecule has 2 heterocycles. The summed E-state index contributed by atoms with van der Waals surface area (Å²) in [4.78, 5) is 13.0. The largest absolute Gasteiger partial charge is 0.489 e. The highest BCUT2D eigenvalue weighted by Gasteiger charge is 2.35. The molecule has 2 aromatic rings. The van der Waals surface area contributed by atoms with Crippen molar-refractivity contribution in [1.29, 1.82) is 5.26 Å². The monoisotopic (exact) mass is 521 g/mol. The SMILES string of the molecule is CC1CC(C2CCCCCCCCCC2)CCC1Cc1c(F)c(N)c2c(=O)c(C#N)cn3c2c1OCC3C. The number of nitrogen functional groups attached to an aromatic ring is 1. The van der Waals surface area contributed by atoms with Crippen molar-refractivity contribution < 1.29 is 9.13 Å². The van der Waals surface area contributed by atoms with E-state index in [-0.39, 0.29) is 22.7 Å². The van der Waals surface area contributed by atoms with Crippen molar-refractivity contribution in [3.8, 4) is 11.8 Å². The van der Waals surface area contributed by atoms with E-state index in [4.69, 9.17) is 10.5 Å². The van der Waals surface area contributed by atoms with Crippen LogP contribution in [-0.4, -0.2) is 11.2 Å². The second-order valence-corrected chi connectivity index (χ2v) is 12.5. The summed E-state index contributed by atoms with van der Waals surface area (Å²) in [7, 11) is 0. The van der Waals surface area contributed by atoms with Crippen LogP contribution in [0.2, 0.25) is 0 Å². The molecule has 0 bridgehead atoms. The highest BCUT2D eigenvalue weighted by atomic mass is 19.1. The quantitative estimate of drug-likeness (QED) is 0.420. The number of aromatic nitrogens is 1. The molecule has 2 saturated carbocycles. The maximum Gasteiger partial charge on any atom is 0.209 e. The van der Waals surface area contributed by atoms with Crippen LogP contribution in [0.5, 0.6) is 5.75 Å². The van der Waals surface area contributed by atoms with E-state index in [1.807, 2.05) is 17.6 Å². The van der Waals surface area contributed by atoms with Crippen LogP contribution in [0.3, 0.4) is 0 Å². The Bertz CT molecular complexity index is 1250. The van der Waals surface area contributed by atoms with Gasteiger partial charge in [0.2, 0.25) is 5.43 Å². The lowest BCUT2D eigenvalue weighted by atomic mass is 9.67. The fourth-order valence-electron chi connectivity index (χ4n) is 7.66. The van der Waals surface area contributed by atoms with Gasteiger partial charge in [-0.2, -0.15) is 5.26 Å². The number of benzene rings is 1. The first kappa shape index (κ1) is 27.0. The number of hydrogen-bond donors (Lipinski definition) is 1. The van der Waals surface area contributed by atoms with Crippen LogP contribution < -0.4 is 15.9 Å². The molecule has 2 N–H and O–H groups in total. The summed E-state index contributed by atoms with van der Waals surface area (Å²) >= 11 is 0. The molecule has 1 aliphatic heterocycles. The first-order valence-electron chi connectivity index (χ1n) is 15.1. The Morgan fingerprint density at radius 1 is 1.03 bits per heavy atom. The average Bonchev–Trinajstić information content (AvgIpc) is 2.97. The number of hydrogen-bond acceptors (Lipinski definition) is 4. The molecule has 0 saturated heterocycles. The molecular formula is C32H44FN3O2. The minimum Gasteiger partial charge on any atom is -0.489 e. The molecule has 38 heavy (non-hydrogen) atoms. The fraction of sp³-hybridized carbons (Fsp3) is 0.688. The minimum absolute atomic E-state index is 0.0147. The summed E-state index contributed by atoms with van der Waals surface area (Å²) in [5.74, 6) is 2.37. The van der Waals surface area contributed by atoms with Crippen LogP contribution >= 0.6 is 0 Å². The molecule has 5 rings (SSSR count). The smallest absolute Gasteiger partial charge is 0.209 e. The van der Waals surface area contributed by atoms with Crippen molar-refractivity contribution in [3.63, 3.8) is 0 Å². The molecule has 4 atom stereocenters. The second kappa shape index (κ2) is 11.7. The van der Waals surface area contributed by atoms with Gasteiger partial charge in [-0.1, -0.05) is 71.1 Å². The first-order chi connectivity index (χ1) is 18.4. The third-order valence-electron chi connectivity index (χ3n) is 9.98. The Kier molecular flexibility index (Phi) is 8.31. The predicted molar refractivity (Wildman–Crippen MR) is 151 cm³/mol. The van der Waals surface area contributed by atoms with Crippen LogP contribution in [0.25, 0.3) is 10.9 Å². The topological polar surface area (TPSA) is 81.0 Å². The van der Waals surface area contributed by atoms with Crippen LogP contribution in [0.1, 0.15) is 114 Å². The second-order valence-electron chi connectivity index (χ2n) is 12.5. The van der Waals surface area contributed by atoms with E-state index >= 15 is 4.39 Å². The number of pyridine rings is 1. The van der Waals surface area contributed by atoms with Gasteiger partial charge < -0.3 is 15.0 Å². The molecule has 1 aromatic carbocycles. The number of nitriles is 1. The van der Waals surface area contributed by atoms with Gasteiger partial charge in [0.1, 0.15) is 24.0 Å². The molecule has 2 aliphatic carbocycles. The average molecular weight is 522 g/mol. The van der Waals surface area contributed by atoms with Crippen LogP contribution in [0.4, 0.5) is 10.1 Å². The zero-order valence-electron chi connectivity index (χ0n) is 23.2. The summed E-state index contributed by atoms with van der Waals surface area (Å²) in [6, 6.07) is 1.88. The normalized spacial score (nSPS) is 27.3. The lowest BCUT2D eigenvalue weighted by Crippen LogP contribution is -2.30. The van der Waals surface area contributed by atoms with Crippen molar-refractivity contribution in [2.24, 2.45) is 23.7 Å². The number of nitrogens with zero attached hydrogens (tertiary/aromatic N) is 2. The lowest BCUT2D eigenvalue weighted by molar-refractivity contribution is 0.131. The van der Waals surface area contributed by atoms with Gasteiger partial charge in [0.05, 0.1) is 22.6 Å². The van der Waals surface area contributed by atoms with Crippen LogP contribution in [-0.2, 0) is 6.42 Å². The molecule has 1 aromatic heterocycles.